The third-order valence-corrected chi connectivity index (χ3v) is 4.24. The van der Waals surface area contributed by atoms with Crippen LogP contribution in [0.25, 0.3) is 0 Å². The van der Waals surface area contributed by atoms with Crippen molar-refractivity contribution in [2.75, 3.05) is 26.2 Å². The van der Waals surface area contributed by atoms with Crippen LogP contribution >= 0.6 is 0 Å². The molecule has 2 N–H and O–H groups in total. The Hall–Kier alpha value is -1.39. The predicted octanol–water partition coefficient (Wildman–Crippen LogP) is 2.40. The molecule has 1 atom stereocenters. The van der Waals surface area contributed by atoms with Crippen molar-refractivity contribution in [1.29, 1.82) is 0 Å². The fraction of sp³-hybridized carbons (Fsp3) is 0.611. The molecule has 1 aromatic carbocycles. The molecule has 1 amide bonds. The first-order chi connectivity index (χ1) is 10.7. The number of nitrogens with one attached hydrogen (secondary N) is 2. The minimum atomic E-state index is 0.0427. The highest BCUT2D eigenvalue weighted by Gasteiger charge is 2.16. The standard InChI is InChI=1S/C18H29N3O/c1-3-12-21(4-2)14-15-7-9-16(10-8-15)18(22)20-17-6-5-11-19-13-17/h7-10,17,19H,3-6,11-14H2,1-2H3,(H,20,22)/t17-/m0/s1. The van der Waals surface area contributed by atoms with Crippen molar-refractivity contribution < 1.29 is 4.79 Å². The summed E-state index contributed by atoms with van der Waals surface area (Å²) in [4.78, 5) is 14.7. The van der Waals surface area contributed by atoms with Crippen molar-refractivity contribution >= 4 is 5.91 Å². The second-order valence-electron chi connectivity index (χ2n) is 6.08. The third-order valence-electron chi connectivity index (χ3n) is 4.24. The van der Waals surface area contributed by atoms with E-state index in [1.807, 2.05) is 12.1 Å². The van der Waals surface area contributed by atoms with E-state index in [-0.39, 0.29) is 11.9 Å². The SMILES string of the molecule is CCCN(CC)Cc1ccc(C(=O)N[C@H]2CCCNC2)cc1. The largest absolute Gasteiger partial charge is 0.348 e. The van der Waals surface area contributed by atoms with Gasteiger partial charge in [-0.25, -0.2) is 0 Å². The molecule has 0 unspecified atom stereocenters. The Balaban J connectivity index is 1.88. The molecule has 1 saturated heterocycles. The maximum absolute atomic E-state index is 12.3. The summed E-state index contributed by atoms with van der Waals surface area (Å²) in [6.07, 6.45) is 3.37. The van der Waals surface area contributed by atoms with Gasteiger partial charge in [-0.3, -0.25) is 9.69 Å². The first kappa shape index (κ1) is 17.0. The van der Waals surface area contributed by atoms with E-state index in [9.17, 15) is 4.79 Å². The monoisotopic (exact) mass is 303 g/mol. The van der Waals surface area contributed by atoms with Crippen LogP contribution in [0.15, 0.2) is 24.3 Å². The van der Waals surface area contributed by atoms with E-state index in [1.54, 1.807) is 0 Å². The van der Waals surface area contributed by atoms with Crippen LogP contribution in [0.5, 0.6) is 0 Å². The number of hydrogen-bond donors (Lipinski definition) is 2. The van der Waals surface area contributed by atoms with E-state index < -0.39 is 0 Å². The fourth-order valence-electron chi connectivity index (χ4n) is 2.93. The lowest BCUT2D eigenvalue weighted by molar-refractivity contribution is 0.0930. The molecular formula is C18H29N3O. The molecule has 1 heterocycles. The van der Waals surface area contributed by atoms with E-state index in [4.69, 9.17) is 0 Å². The van der Waals surface area contributed by atoms with Gasteiger partial charge in [0, 0.05) is 24.7 Å². The maximum Gasteiger partial charge on any atom is 0.251 e. The Labute approximate surface area is 134 Å². The zero-order chi connectivity index (χ0) is 15.8. The average molecular weight is 303 g/mol. The van der Waals surface area contributed by atoms with E-state index in [0.29, 0.717) is 0 Å². The van der Waals surface area contributed by atoms with Gasteiger partial charge in [0.2, 0.25) is 0 Å². The molecule has 122 valence electrons. The van der Waals surface area contributed by atoms with Crippen molar-refractivity contribution in [2.24, 2.45) is 0 Å². The summed E-state index contributed by atoms with van der Waals surface area (Å²) in [6.45, 7) is 9.47. The molecule has 1 fully saturated rings. The Morgan fingerprint density at radius 3 is 2.68 bits per heavy atom. The van der Waals surface area contributed by atoms with Crippen LogP contribution in [0.2, 0.25) is 0 Å². The van der Waals surface area contributed by atoms with Gasteiger partial charge in [0.1, 0.15) is 0 Å². The zero-order valence-electron chi connectivity index (χ0n) is 13.9. The number of hydrogen-bond acceptors (Lipinski definition) is 3. The van der Waals surface area contributed by atoms with Crippen molar-refractivity contribution in [3.05, 3.63) is 35.4 Å². The minimum absolute atomic E-state index is 0.0427. The van der Waals surface area contributed by atoms with E-state index in [1.165, 1.54) is 12.0 Å². The van der Waals surface area contributed by atoms with Gasteiger partial charge in [-0.05, 0) is 56.6 Å². The summed E-state index contributed by atoms with van der Waals surface area (Å²) in [5.74, 6) is 0.0427. The molecule has 0 aromatic heterocycles. The van der Waals surface area contributed by atoms with Gasteiger partial charge in [-0.15, -0.1) is 0 Å². The fourth-order valence-corrected chi connectivity index (χ4v) is 2.93. The van der Waals surface area contributed by atoms with Gasteiger partial charge in [0.25, 0.3) is 5.91 Å². The van der Waals surface area contributed by atoms with Crippen molar-refractivity contribution in [3.63, 3.8) is 0 Å². The smallest absolute Gasteiger partial charge is 0.251 e. The zero-order valence-corrected chi connectivity index (χ0v) is 13.9. The van der Waals surface area contributed by atoms with Crippen LogP contribution in [0.1, 0.15) is 49.0 Å². The number of piperidine rings is 1. The van der Waals surface area contributed by atoms with Crippen LogP contribution in [0.4, 0.5) is 0 Å². The average Bonchev–Trinajstić information content (AvgIpc) is 2.56. The lowest BCUT2D eigenvalue weighted by Gasteiger charge is -2.24. The summed E-state index contributed by atoms with van der Waals surface area (Å²) in [5, 5.41) is 6.44. The summed E-state index contributed by atoms with van der Waals surface area (Å²) in [6, 6.07) is 8.31. The molecule has 22 heavy (non-hydrogen) atoms. The van der Waals surface area contributed by atoms with E-state index in [0.717, 1.165) is 51.1 Å². The lowest BCUT2D eigenvalue weighted by Crippen LogP contribution is -2.45. The lowest BCUT2D eigenvalue weighted by atomic mass is 10.1. The maximum atomic E-state index is 12.3. The molecule has 0 saturated carbocycles. The number of benzene rings is 1. The Kier molecular flexibility index (Phi) is 6.87. The highest BCUT2D eigenvalue weighted by molar-refractivity contribution is 5.94. The minimum Gasteiger partial charge on any atom is -0.348 e. The van der Waals surface area contributed by atoms with Crippen LogP contribution in [-0.2, 0) is 6.54 Å². The van der Waals surface area contributed by atoms with Crippen LogP contribution < -0.4 is 10.6 Å². The van der Waals surface area contributed by atoms with Crippen molar-refractivity contribution in [3.8, 4) is 0 Å². The normalized spacial score (nSPS) is 18.4. The van der Waals surface area contributed by atoms with Gasteiger partial charge in [-0.1, -0.05) is 26.0 Å². The Morgan fingerprint density at radius 2 is 2.09 bits per heavy atom. The molecule has 4 nitrogen and oxygen atoms in total. The molecule has 4 heteroatoms. The first-order valence-corrected chi connectivity index (χ1v) is 8.55. The van der Waals surface area contributed by atoms with Crippen LogP contribution in [-0.4, -0.2) is 43.0 Å². The topological polar surface area (TPSA) is 44.4 Å². The molecule has 1 aliphatic heterocycles. The second-order valence-corrected chi connectivity index (χ2v) is 6.08. The van der Waals surface area contributed by atoms with Gasteiger partial charge in [0.05, 0.1) is 0 Å². The molecule has 1 aromatic rings. The third kappa shape index (κ3) is 5.11. The summed E-state index contributed by atoms with van der Waals surface area (Å²) in [7, 11) is 0. The molecule has 1 aliphatic rings. The summed E-state index contributed by atoms with van der Waals surface area (Å²) in [5.41, 5.74) is 2.03. The van der Waals surface area contributed by atoms with Gasteiger partial charge < -0.3 is 10.6 Å². The first-order valence-electron chi connectivity index (χ1n) is 8.55. The molecule has 0 radical (unpaired) electrons. The quantitative estimate of drug-likeness (QED) is 0.813. The van der Waals surface area contributed by atoms with Crippen molar-refractivity contribution in [2.45, 2.75) is 45.7 Å². The molecule has 2 rings (SSSR count). The Morgan fingerprint density at radius 1 is 1.32 bits per heavy atom. The summed E-state index contributed by atoms with van der Waals surface area (Å²) >= 11 is 0. The molecule has 0 spiro atoms. The van der Waals surface area contributed by atoms with E-state index in [2.05, 4.69) is 41.5 Å². The second kappa shape index (κ2) is 8.91. The van der Waals surface area contributed by atoms with Gasteiger partial charge in [-0.2, -0.15) is 0 Å². The van der Waals surface area contributed by atoms with Gasteiger partial charge in [0.15, 0.2) is 0 Å². The number of nitrogens with zero attached hydrogens (tertiary/aromatic N) is 1. The van der Waals surface area contributed by atoms with Crippen LogP contribution in [0.3, 0.4) is 0 Å². The highest BCUT2D eigenvalue weighted by atomic mass is 16.1. The van der Waals surface area contributed by atoms with E-state index >= 15 is 0 Å². The number of amides is 1. The number of carbonyl (C=O) groups excluding carboxylic acids is 1. The molecular weight excluding hydrogens is 274 g/mol. The molecule has 0 bridgehead atoms. The Bertz CT molecular complexity index is 452. The van der Waals surface area contributed by atoms with Crippen LogP contribution in [0, 0.1) is 0 Å². The predicted molar refractivity (Wildman–Crippen MR) is 91.0 cm³/mol. The molecule has 0 aliphatic carbocycles. The number of carbonyl (C=O) groups is 1. The highest BCUT2D eigenvalue weighted by Crippen LogP contribution is 2.09. The summed E-state index contributed by atoms with van der Waals surface area (Å²) < 4.78 is 0. The van der Waals surface area contributed by atoms with Crippen molar-refractivity contribution in [1.82, 2.24) is 15.5 Å². The van der Waals surface area contributed by atoms with Gasteiger partial charge >= 0.3 is 0 Å². The number of rotatable bonds is 7.